The third-order valence-electron chi connectivity index (χ3n) is 3.25. The highest BCUT2D eigenvalue weighted by Crippen LogP contribution is 2.20. The van der Waals surface area contributed by atoms with Gasteiger partial charge in [-0.05, 0) is 13.8 Å². The number of aryl methyl sites for hydroxylation is 2. The van der Waals surface area contributed by atoms with Crippen LogP contribution in [0.3, 0.4) is 0 Å². The first-order chi connectivity index (χ1) is 9.25. The van der Waals surface area contributed by atoms with E-state index in [0.717, 1.165) is 35.9 Å². The van der Waals surface area contributed by atoms with Crippen molar-refractivity contribution in [3.05, 3.63) is 40.7 Å². The van der Waals surface area contributed by atoms with Crippen LogP contribution in [0.5, 0.6) is 0 Å². The highest BCUT2D eigenvalue weighted by molar-refractivity contribution is 7.15. The lowest BCUT2D eigenvalue weighted by Gasteiger charge is -2.05. The van der Waals surface area contributed by atoms with E-state index >= 15 is 0 Å². The van der Waals surface area contributed by atoms with E-state index in [1.54, 1.807) is 17.7 Å². The van der Waals surface area contributed by atoms with Crippen molar-refractivity contribution in [3.63, 3.8) is 0 Å². The first-order valence-corrected chi connectivity index (χ1v) is 7.23. The monoisotopic (exact) mass is 275 g/mol. The number of hydrogen-bond donors (Lipinski definition) is 2. The zero-order valence-corrected chi connectivity index (χ0v) is 11.9. The zero-order chi connectivity index (χ0) is 13.2. The van der Waals surface area contributed by atoms with E-state index in [1.165, 1.54) is 11.4 Å². The van der Waals surface area contributed by atoms with Crippen LogP contribution in [-0.2, 0) is 13.0 Å². The van der Waals surface area contributed by atoms with E-state index in [9.17, 15) is 0 Å². The molecule has 3 aromatic heterocycles. The maximum Gasteiger partial charge on any atom is 0.194 e. The largest absolute Gasteiger partial charge is 0.348 e. The second kappa shape index (κ2) is 5.14. The number of H-pyrrole nitrogens is 1. The van der Waals surface area contributed by atoms with E-state index in [2.05, 4.69) is 43.9 Å². The minimum Gasteiger partial charge on any atom is -0.348 e. The van der Waals surface area contributed by atoms with Gasteiger partial charge in [0.05, 0.1) is 17.7 Å². The number of nitrogens with zero attached hydrogens (tertiary/aromatic N) is 3. The summed E-state index contributed by atoms with van der Waals surface area (Å²) >= 11 is 1.70. The Morgan fingerprint density at radius 1 is 1.42 bits per heavy atom. The lowest BCUT2D eigenvalue weighted by atomic mass is 10.3. The molecule has 0 saturated carbocycles. The van der Waals surface area contributed by atoms with Gasteiger partial charge in [-0.15, -0.1) is 11.3 Å². The lowest BCUT2D eigenvalue weighted by Crippen LogP contribution is -2.18. The molecule has 3 heterocycles. The minimum absolute atomic E-state index is 0.846. The summed E-state index contributed by atoms with van der Waals surface area (Å²) < 4.78 is 2.24. The van der Waals surface area contributed by atoms with Crippen molar-refractivity contribution in [2.45, 2.75) is 26.8 Å². The molecule has 0 spiro atoms. The van der Waals surface area contributed by atoms with Gasteiger partial charge in [0.1, 0.15) is 0 Å². The summed E-state index contributed by atoms with van der Waals surface area (Å²) in [5, 5.41) is 5.62. The van der Waals surface area contributed by atoms with Crippen LogP contribution >= 0.6 is 11.3 Å². The van der Waals surface area contributed by atoms with E-state index in [-0.39, 0.29) is 0 Å². The maximum absolute atomic E-state index is 4.59. The van der Waals surface area contributed by atoms with Gasteiger partial charge in [0, 0.05) is 42.5 Å². The molecule has 0 radical (unpaired) electrons. The highest BCUT2D eigenvalue weighted by Gasteiger charge is 2.11. The smallest absolute Gasteiger partial charge is 0.194 e. The topological polar surface area (TPSA) is 58.0 Å². The predicted octanol–water partition coefficient (Wildman–Crippen LogP) is 2.07. The number of nitrogens with one attached hydrogen (secondary N) is 2. The van der Waals surface area contributed by atoms with Crippen LogP contribution in [0, 0.1) is 13.8 Å². The second-order valence-electron chi connectivity index (χ2n) is 4.64. The molecule has 0 aromatic carbocycles. The van der Waals surface area contributed by atoms with Gasteiger partial charge in [-0.3, -0.25) is 4.40 Å². The fraction of sp³-hybridized carbons (Fsp3) is 0.385. The standard InChI is InChI=1S/C13H17N5S/c1-9-7-19-13-17-10(2)12(18(9)13)6-14-4-3-11-5-15-8-16-11/h5,7-8,14H,3-4,6H2,1-2H3,(H,15,16). The number of aromatic amines is 1. The first kappa shape index (κ1) is 12.4. The molecule has 3 rings (SSSR count). The Morgan fingerprint density at radius 3 is 3.11 bits per heavy atom. The van der Waals surface area contributed by atoms with Crippen molar-refractivity contribution in [2.24, 2.45) is 0 Å². The van der Waals surface area contributed by atoms with Gasteiger partial charge in [0.2, 0.25) is 0 Å². The van der Waals surface area contributed by atoms with Crippen LogP contribution in [0.2, 0.25) is 0 Å². The van der Waals surface area contributed by atoms with Crippen LogP contribution in [0.1, 0.15) is 22.8 Å². The van der Waals surface area contributed by atoms with E-state index in [4.69, 9.17) is 0 Å². The molecule has 0 amide bonds. The molecule has 0 bridgehead atoms. The molecule has 0 aliphatic carbocycles. The molecule has 2 N–H and O–H groups in total. The SMILES string of the molecule is Cc1nc2scc(C)n2c1CNCCc1cnc[nH]1. The maximum atomic E-state index is 4.59. The van der Waals surface area contributed by atoms with Gasteiger partial charge in [0.25, 0.3) is 0 Å². The first-order valence-electron chi connectivity index (χ1n) is 6.35. The van der Waals surface area contributed by atoms with E-state index in [0.29, 0.717) is 0 Å². The van der Waals surface area contributed by atoms with E-state index in [1.807, 2.05) is 6.20 Å². The third-order valence-corrected chi connectivity index (χ3v) is 4.19. The fourth-order valence-electron chi connectivity index (χ4n) is 2.23. The molecule has 5 nitrogen and oxygen atoms in total. The number of aromatic nitrogens is 4. The number of rotatable bonds is 5. The van der Waals surface area contributed by atoms with Crippen LogP contribution in [-0.4, -0.2) is 25.9 Å². The van der Waals surface area contributed by atoms with Gasteiger partial charge >= 0.3 is 0 Å². The van der Waals surface area contributed by atoms with Crippen molar-refractivity contribution in [1.29, 1.82) is 0 Å². The summed E-state index contributed by atoms with van der Waals surface area (Å²) in [5.74, 6) is 0. The zero-order valence-electron chi connectivity index (χ0n) is 11.1. The molecule has 100 valence electrons. The van der Waals surface area contributed by atoms with Gasteiger partial charge in [0.15, 0.2) is 4.96 Å². The molecule has 0 unspecified atom stereocenters. The molecule has 0 aliphatic heterocycles. The molecule has 6 heteroatoms. The van der Waals surface area contributed by atoms with Gasteiger partial charge in [-0.25, -0.2) is 9.97 Å². The average Bonchev–Trinajstić information content (AvgIpc) is 3.07. The van der Waals surface area contributed by atoms with Crippen LogP contribution in [0.25, 0.3) is 4.96 Å². The lowest BCUT2D eigenvalue weighted by molar-refractivity contribution is 0.662. The summed E-state index contributed by atoms with van der Waals surface area (Å²) in [6.07, 6.45) is 4.55. The number of fused-ring (bicyclic) bond motifs is 1. The van der Waals surface area contributed by atoms with Crippen LogP contribution in [0.4, 0.5) is 0 Å². The van der Waals surface area contributed by atoms with Crippen molar-refractivity contribution in [2.75, 3.05) is 6.54 Å². The normalized spacial score (nSPS) is 11.5. The van der Waals surface area contributed by atoms with Crippen LogP contribution < -0.4 is 5.32 Å². The number of thiazole rings is 1. The third kappa shape index (κ3) is 2.41. The van der Waals surface area contributed by atoms with Gasteiger partial charge in [-0.2, -0.15) is 0 Å². The minimum atomic E-state index is 0.846. The Morgan fingerprint density at radius 2 is 2.32 bits per heavy atom. The molecule has 0 saturated heterocycles. The number of imidazole rings is 2. The van der Waals surface area contributed by atoms with Crippen molar-refractivity contribution in [3.8, 4) is 0 Å². The second-order valence-corrected chi connectivity index (χ2v) is 5.48. The van der Waals surface area contributed by atoms with Gasteiger partial charge < -0.3 is 10.3 Å². The number of hydrogen-bond acceptors (Lipinski definition) is 4. The molecular formula is C13H17N5S. The quantitative estimate of drug-likeness (QED) is 0.701. The molecule has 0 atom stereocenters. The average molecular weight is 275 g/mol. The Bertz CT molecular complexity index is 665. The molecule has 0 aliphatic rings. The van der Waals surface area contributed by atoms with Crippen LogP contribution in [0.15, 0.2) is 17.9 Å². The summed E-state index contributed by atoms with van der Waals surface area (Å²) in [6, 6.07) is 0. The van der Waals surface area contributed by atoms with Crippen molar-refractivity contribution in [1.82, 2.24) is 24.7 Å². The molecular weight excluding hydrogens is 258 g/mol. The van der Waals surface area contributed by atoms with Crippen molar-refractivity contribution < 1.29 is 0 Å². The summed E-state index contributed by atoms with van der Waals surface area (Å²) in [7, 11) is 0. The summed E-state index contributed by atoms with van der Waals surface area (Å²) in [5.41, 5.74) is 4.79. The van der Waals surface area contributed by atoms with Gasteiger partial charge in [-0.1, -0.05) is 0 Å². The fourth-order valence-corrected chi connectivity index (χ4v) is 3.16. The molecule has 3 aromatic rings. The predicted molar refractivity (Wildman–Crippen MR) is 76.5 cm³/mol. The molecule has 19 heavy (non-hydrogen) atoms. The Balaban J connectivity index is 1.65. The Kier molecular flexibility index (Phi) is 3.35. The highest BCUT2D eigenvalue weighted by atomic mass is 32.1. The summed E-state index contributed by atoms with van der Waals surface area (Å²) in [6.45, 7) is 5.97. The summed E-state index contributed by atoms with van der Waals surface area (Å²) in [4.78, 5) is 12.8. The van der Waals surface area contributed by atoms with Crippen molar-refractivity contribution >= 4 is 16.3 Å². The van der Waals surface area contributed by atoms with E-state index < -0.39 is 0 Å². The Hall–Kier alpha value is -1.66. The molecule has 0 fully saturated rings. The Labute approximate surface area is 115 Å².